The molecule has 0 aromatic carbocycles. The van der Waals surface area contributed by atoms with Crippen LogP contribution in [-0.4, -0.2) is 25.3 Å². The molecule has 1 aromatic rings. The van der Waals surface area contributed by atoms with Gasteiger partial charge in [-0.1, -0.05) is 11.3 Å². The van der Waals surface area contributed by atoms with Crippen molar-refractivity contribution < 1.29 is 19.4 Å². The molecule has 5 heteroatoms. The topological polar surface area (TPSA) is 55.8 Å². The monoisotopic (exact) mass is 202 g/mol. The molecule has 0 saturated heterocycles. The molecule has 0 radical (unpaired) electrons. The van der Waals surface area contributed by atoms with Gasteiger partial charge in [0.1, 0.15) is 5.75 Å². The Bertz CT molecular complexity index is 329. The fourth-order valence-corrected chi connectivity index (χ4v) is 1.85. The van der Waals surface area contributed by atoms with Gasteiger partial charge in [0, 0.05) is 5.56 Å². The van der Waals surface area contributed by atoms with E-state index in [0.717, 1.165) is 11.3 Å². The summed E-state index contributed by atoms with van der Waals surface area (Å²) in [5.41, 5.74) is 0.563. The van der Waals surface area contributed by atoms with E-state index in [9.17, 15) is 9.90 Å². The van der Waals surface area contributed by atoms with Crippen molar-refractivity contribution in [2.75, 3.05) is 14.2 Å². The zero-order chi connectivity index (χ0) is 10.0. The molecule has 1 N–H and O–H groups in total. The average Bonchev–Trinajstić information content (AvgIpc) is 2.43. The molecular weight excluding hydrogens is 192 g/mol. The average molecular weight is 202 g/mol. The molecule has 1 heterocycles. The van der Waals surface area contributed by atoms with Crippen molar-refractivity contribution >= 4 is 17.3 Å². The molecule has 0 aliphatic heterocycles. The second kappa shape index (κ2) is 3.66. The Balaban J connectivity index is 3.17. The minimum absolute atomic E-state index is 0.0614. The molecule has 0 spiro atoms. The van der Waals surface area contributed by atoms with Crippen LogP contribution in [0.15, 0.2) is 0 Å². The molecule has 4 nitrogen and oxygen atoms in total. The minimum Gasteiger partial charge on any atom is -0.506 e. The predicted octanol–water partition coefficient (Wildman–Crippen LogP) is 1.56. The van der Waals surface area contributed by atoms with Crippen LogP contribution in [0.2, 0.25) is 0 Å². The van der Waals surface area contributed by atoms with Gasteiger partial charge in [0.2, 0.25) is 0 Å². The molecule has 13 heavy (non-hydrogen) atoms. The third-order valence-electron chi connectivity index (χ3n) is 1.63. The van der Waals surface area contributed by atoms with Crippen molar-refractivity contribution in [3.8, 4) is 10.8 Å². The maximum atomic E-state index is 11.1. The van der Waals surface area contributed by atoms with Gasteiger partial charge in [-0.2, -0.15) is 0 Å². The first-order valence-electron chi connectivity index (χ1n) is 3.56. The normalized spacial score (nSPS) is 9.77. The molecule has 72 valence electrons. The van der Waals surface area contributed by atoms with Crippen LogP contribution in [0.25, 0.3) is 0 Å². The summed E-state index contributed by atoms with van der Waals surface area (Å²) in [7, 11) is 2.75. The van der Waals surface area contributed by atoms with Crippen LogP contribution in [0.5, 0.6) is 10.8 Å². The van der Waals surface area contributed by atoms with Crippen molar-refractivity contribution in [1.82, 2.24) is 0 Å². The van der Waals surface area contributed by atoms with Crippen LogP contribution in [0.1, 0.15) is 15.2 Å². The lowest BCUT2D eigenvalue weighted by Crippen LogP contribution is -1.97. The van der Waals surface area contributed by atoms with Gasteiger partial charge in [0.25, 0.3) is 0 Å². The Morgan fingerprint density at radius 2 is 2.08 bits per heavy atom. The maximum absolute atomic E-state index is 11.1. The first kappa shape index (κ1) is 9.85. The Kier molecular flexibility index (Phi) is 2.77. The summed E-state index contributed by atoms with van der Waals surface area (Å²) in [6, 6.07) is 0. The van der Waals surface area contributed by atoms with Crippen molar-refractivity contribution in [3.63, 3.8) is 0 Å². The molecule has 0 aliphatic carbocycles. The lowest BCUT2D eigenvalue weighted by Gasteiger charge is -1.94. The summed E-state index contributed by atoms with van der Waals surface area (Å²) in [5, 5.41) is 10.0. The van der Waals surface area contributed by atoms with Crippen molar-refractivity contribution in [2.45, 2.75) is 6.92 Å². The van der Waals surface area contributed by atoms with E-state index in [1.807, 2.05) is 0 Å². The van der Waals surface area contributed by atoms with Gasteiger partial charge in [-0.25, -0.2) is 4.79 Å². The summed E-state index contributed by atoms with van der Waals surface area (Å²) in [6.07, 6.45) is 0. The molecular formula is C8H10O4S. The van der Waals surface area contributed by atoms with Gasteiger partial charge in [-0.15, -0.1) is 0 Å². The van der Waals surface area contributed by atoms with Crippen LogP contribution in [0.3, 0.4) is 0 Å². The van der Waals surface area contributed by atoms with Gasteiger partial charge in [-0.05, 0) is 6.92 Å². The number of rotatable bonds is 2. The largest absolute Gasteiger partial charge is 0.506 e. The standard InChI is InChI=1S/C8H10O4S/c1-4-5(9)6(7(10)11-2)13-8(4)12-3/h9H,1-3H3. The number of ether oxygens (including phenoxy) is 2. The van der Waals surface area contributed by atoms with Crippen LogP contribution in [0.4, 0.5) is 0 Å². The highest BCUT2D eigenvalue weighted by Gasteiger charge is 2.20. The SMILES string of the molecule is COC(=O)c1sc(OC)c(C)c1O. The zero-order valence-corrected chi connectivity index (χ0v) is 8.40. The van der Waals surface area contributed by atoms with E-state index in [4.69, 9.17) is 4.74 Å². The number of carbonyl (C=O) groups is 1. The van der Waals surface area contributed by atoms with Gasteiger partial charge in [0.15, 0.2) is 9.94 Å². The third-order valence-corrected chi connectivity index (χ3v) is 2.85. The van der Waals surface area contributed by atoms with Crippen LogP contribution >= 0.6 is 11.3 Å². The molecule has 1 aromatic heterocycles. The summed E-state index contributed by atoms with van der Waals surface area (Å²) in [5.74, 6) is -0.609. The second-order valence-corrected chi connectivity index (χ2v) is 3.37. The molecule has 0 bridgehead atoms. The lowest BCUT2D eigenvalue weighted by atomic mass is 10.3. The van der Waals surface area contributed by atoms with Crippen molar-refractivity contribution in [1.29, 1.82) is 0 Å². The summed E-state index contributed by atoms with van der Waals surface area (Å²) >= 11 is 1.07. The highest BCUT2D eigenvalue weighted by atomic mass is 32.1. The Morgan fingerprint density at radius 1 is 1.46 bits per heavy atom. The van der Waals surface area contributed by atoms with Gasteiger partial charge < -0.3 is 14.6 Å². The lowest BCUT2D eigenvalue weighted by molar-refractivity contribution is 0.0603. The number of hydrogen-bond acceptors (Lipinski definition) is 5. The number of esters is 1. The smallest absolute Gasteiger partial charge is 0.352 e. The Morgan fingerprint density at radius 3 is 2.46 bits per heavy atom. The molecule has 1 rings (SSSR count). The molecule has 0 unspecified atom stereocenters. The van der Waals surface area contributed by atoms with Crippen LogP contribution in [-0.2, 0) is 4.74 Å². The second-order valence-electron chi connectivity index (χ2n) is 2.39. The summed E-state index contributed by atoms with van der Waals surface area (Å²) in [6.45, 7) is 1.68. The Hall–Kier alpha value is -1.23. The highest BCUT2D eigenvalue weighted by molar-refractivity contribution is 7.16. The fraction of sp³-hybridized carbons (Fsp3) is 0.375. The van der Waals surface area contributed by atoms with E-state index in [-0.39, 0.29) is 10.6 Å². The van der Waals surface area contributed by atoms with E-state index in [1.165, 1.54) is 14.2 Å². The number of hydrogen-bond donors (Lipinski definition) is 1. The first-order chi connectivity index (χ1) is 6.11. The number of methoxy groups -OCH3 is 2. The maximum Gasteiger partial charge on any atom is 0.352 e. The highest BCUT2D eigenvalue weighted by Crippen LogP contribution is 2.39. The zero-order valence-electron chi connectivity index (χ0n) is 7.58. The van der Waals surface area contributed by atoms with Crippen LogP contribution < -0.4 is 4.74 Å². The first-order valence-corrected chi connectivity index (χ1v) is 4.38. The molecule has 0 fully saturated rings. The minimum atomic E-state index is -0.547. The predicted molar refractivity (Wildman–Crippen MR) is 48.6 cm³/mol. The molecule has 0 saturated carbocycles. The van der Waals surface area contributed by atoms with E-state index < -0.39 is 5.97 Å². The quantitative estimate of drug-likeness (QED) is 0.739. The van der Waals surface area contributed by atoms with E-state index in [1.54, 1.807) is 6.92 Å². The third kappa shape index (κ3) is 1.60. The number of carbonyl (C=O) groups excluding carboxylic acids is 1. The van der Waals surface area contributed by atoms with Gasteiger partial charge >= 0.3 is 5.97 Å². The Labute approximate surface area is 79.7 Å². The van der Waals surface area contributed by atoms with Gasteiger partial charge in [-0.3, -0.25) is 0 Å². The molecule has 0 amide bonds. The molecule has 0 atom stereocenters. The van der Waals surface area contributed by atoms with E-state index in [2.05, 4.69) is 4.74 Å². The van der Waals surface area contributed by atoms with E-state index >= 15 is 0 Å². The fourth-order valence-electron chi connectivity index (χ4n) is 0.910. The van der Waals surface area contributed by atoms with E-state index in [0.29, 0.717) is 10.6 Å². The summed E-state index contributed by atoms with van der Waals surface area (Å²) in [4.78, 5) is 11.3. The molecule has 0 aliphatic rings. The van der Waals surface area contributed by atoms with Crippen molar-refractivity contribution in [3.05, 3.63) is 10.4 Å². The van der Waals surface area contributed by atoms with Gasteiger partial charge in [0.05, 0.1) is 14.2 Å². The van der Waals surface area contributed by atoms with Crippen LogP contribution in [0, 0.1) is 6.92 Å². The number of thiophene rings is 1. The van der Waals surface area contributed by atoms with Crippen molar-refractivity contribution in [2.24, 2.45) is 0 Å². The number of aromatic hydroxyl groups is 1. The summed E-state index contributed by atoms with van der Waals surface area (Å²) < 4.78 is 9.44.